The second kappa shape index (κ2) is 10.3. The highest BCUT2D eigenvalue weighted by atomic mass is 79.9. The molecule has 0 spiro atoms. The number of halogens is 4. The number of hydrogen-bond donors (Lipinski definition) is 0. The molecule has 9 heteroatoms. The third-order valence-electron chi connectivity index (χ3n) is 5.15. The molecule has 0 amide bonds. The van der Waals surface area contributed by atoms with E-state index in [9.17, 15) is 9.18 Å². The Labute approximate surface area is 227 Å². The number of benzene rings is 3. The summed E-state index contributed by atoms with van der Waals surface area (Å²) in [6.45, 7) is 6.04. The first-order chi connectivity index (χ1) is 16.5. The summed E-state index contributed by atoms with van der Waals surface area (Å²) in [6.07, 6.45) is 1.60. The quantitative estimate of drug-likeness (QED) is 0.207. The van der Waals surface area contributed by atoms with Crippen LogP contribution < -0.4 is 10.3 Å². The maximum atomic E-state index is 13.9. The van der Waals surface area contributed by atoms with Crippen molar-refractivity contribution in [3.63, 3.8) is 0 Å². The van der Waals surface area contributed by atoms with Crippen LogP contribution in [0.5, 0.6) is 5.75 Å². The lowest BCUT2D eigenvalue weighted by Crippen LogP contribution is -2.29. The first kappa shape index (κ1) is 25.7. The van der Waals surface area contributed by atoms with Gasteiger partial charge in [0.25, 0.3) is 5.56 Å². The van der Waals surface area contributed by atoms with Gasteiger partial charge in [0.05, 0.1) is 26.1 Å². The van der Waals surface area contributed by atoms with E-state index in [0.717, 1.165) is 10.0 Å². The average molecular weight is 666 g/mol. The topological polar surface area (TPSA) is 56.5 Å². The smallest absolute Gasteiger partial charge is 0.282 e. The number of hydrogen-bond acceptors (Lipinski definition) is 4. The number of rotatable bonds is 5. The van der Waals surface area contributed by atoms with Crippen molar-refractivity contribution in [2.75, 3.05) is 0 Å². The molecule has 5 nitrogen and oxygen atoms in total. The summed E-state index contributed by atoms with van der Waals surface area (Å²) in [5, 5.41) is 4.98. The molecule has 0 aliphatic rings. The van der Waals surface area contributed by atoms with E-state index in [0.29, 0.717) is 37.0 Å². The molecule has 0 bridgehead atoms. The van der Waals surface area contributed by atoms with Gasteiger partial charge >= 0.3 is 0 Å². The van der Waals surface area contributed by atoms with Gasteiger partial charge < -0.3 is 4.74 Å². The fourth-order valence-corrected chi connectivity index (χ4v) is 5.23. The molecule has 0 fully saturated rings. The van der Waals surface area contributed by atoms with Crippen LogP contribution in [0.25, 0.3) is 10.9 Å². The van der Waals surface area contributed by atoms with Crippen molar-refractivity contribution >= 4 is 64.9 Å². The van der Waals surface area contributed by atoms with E-state index in [1.54, 1.807) is 30.5 Å². The molecule has 4 aromatic rings. The first-order valence-corrected chi connectivity index (χ1v) is 13.0. The van der Waals surface area contributed by atoms with E-state index >= 15 is 0 Å². The van der Waals surface area contributed by atoms with Crippen LogP contribution in [-0.4, -0.2) is 15.9 Å². The van der Waals surface area contributed by atoms with Crippen molar-refractivity contribution in [3.8, 4) is 5.75 Å². The van der Waals surface area contributed by atoms with Crippen LogP contribution >= 0.6 is 47.8 Å². The number of aromatic nitrogens is 2. The van der Waals surface area contributed by atoms with Crippen molar-refractivity contribution in [1.82, 2.24) is 9.66 Å². The number of nitrogens with zero attached hydrogens (tertiary/aromatic N) is 3. The molecule has 0 aliphatic heterocycles. The summed E-state index contributed by atoms with van der Waals surface area (Å²) in [5.74, 6) is 0.770. The van der Waals surface area contributed by atoms with Gasteiger partial charge in [-0.05, 0) is 73.8 Å². The monoisotopic (exact) mass is 663 g/mol. The lowest BCUT2D eigenvalue weighted by Gasteiger charge is -2.21. The van der Waals surface area contributed by atoms with Gasteiger partial charge in [-0.25, -0.2) is 9.37 Å². The molecule has 0 N–H and O–H groups in total. The zero-order valence-electron chi connectivity index (χ0n) is 19.2. The normalized spacial score (nSPS) is 12.0. The number of ether oxygens (including phenoxy) is 1. The highest BCUT2D eigenvalue weighted by molar-refractivity contribution is 9.11. The van der Waals surface area contributed by atoms with Crippen LogP contribution in [0.4, 0.5) is 4.39 Å². The molecule has 0 saturated heterocycles. The largest absolute Gasteiger partial charge is 0.486 e. The Balaban J connectivity index is 1.69. The van der Waals surface area contributed by atoms with Crippen molar-refractivity contribution in [2.45, 2.75) is 32.8 Å². The molecular formula is C26H21Br3FN3O2. The Morgan fingerprint density at radius 1 is 1.06 bits per heavy atom. The third-order valence-corrected chi connectivity index (χ3v) is 6.82. The minimum absolute atomic E-state index is 0.0833. The van der Waals surface area contributed by atoms with Crippen molar-refractivity contribution < 1.29 is 9.13 Å². The zero-order chi connectivity index (χ0) is 25.3. The van der Waals surface area contributed by atoms with Crippen molar-refractivity contribution in [3.05, 3.63) is 101 Å². The predicted octanol–water partition coefficient (Wildman–Crippen LogP) is 7.58. The number of fused-ring (bicyclic) bond motifs is 1. The van der Waals surface area contributed by atoms with Gasteiger partial charge in [0.1, 0.15) is 24.0 Å². The SMILES string of the molecule is CC(C)(C)c1nc2ccc(Br)cc2c(=O)n1N=Cc1cc(Br)c(OCc2ccccc2F)c(Br)c1. The molecule has 0 unspecified atom stereocenters. The van der Waals surface area contributed by atoms with Gasteiger partial charge in [-0.2, -0.15) is 9.78 Å². The Bertz CT molecular complexity index is 1490. The molecule has 3 aromatic carbocycles. The first-order valence-electron chi connectivity index (χ1n) is 10.7. The van der Waals surface area contributed by atoms with Gasteiger partial charge in [0.15, 0.2) is 0 Å². The summed E-state index contributed by atoms with van der Waals surface area (Å²) in [6, 6.07) is 15.5. The molecule has 0 radical (unpaired) electrons. The summed E-state index contributed by atoms with van der Waals surface area (Å²) in [7, 11) is 0. The lowest BCUT2D eigenvalue weighted by atomic mass is 9.95. The van der Waals surface area contributed by atoms with Crippen molar-refractivity contribution in [2.24, 2.45) is 5.10 Å². The lowest BCUT2D eigenvalue weighted by molar-refractivity contribution is 0.296. The maximum Gasteiger partial charge on any atom is 0.282 e. The fraction of sp³-hybridized carbons (Fsp3) is 0.192. The zero-order valence-corrected chi connectivity index (χ0v) is 23.9. The highest BCUT2D eigenvalue weighted by Crippen LogP contribution is 2.35. The van der Waals surface area contributed by atoms with Crippen LogP contribution in [0.3, 0.4) is 0 Å². The standard InChI is InChI=1S/C26H21Br3FN3O2/c1-26(2,3)25-32-22-9-8-17(27)12-18(22)24(34)33(25)31-13-15-10-19(28)23(20(29)11-15)35-14-16-6-4-5-7-21(16)30/h4-13H,14H2,1-3H3. The van der Waals surface area contributed by atoms with Crippen LogP contribution in [0.15, 0.2) is 77.9 Å². The maximum absolute atomic E-state index is 13.9. The Hall–Kier alpha value is -2.36. The van der Waals surface area contributed by atoms with E-state index < -0.39 is 5.41 Å². The van der Waals surface area contributed by atoms with Gasteiger partial charge in [0, 0.05) is 15.5 Å². The fourth-order valence-electron chi connectivity index (χ4n) is 3.42. The van der Waals surface area contributed by atoms with Crippen LogP contribution in [-0.2, 0) is 12.0 Å². The van der Waals surface area contributed by atoms with Gasteiger partial charge in [-0.15, -0.1) is 0 Å². The summed E-state index contributed by atoms with van der Waals surface area (Å²) in [4.78, 5) is 18.1. The van der Waals surface area contributed by atoms with E-state index in [1.807, 2.05) is 45.0 Å². The van der Waals surface area contributed by atoms with Crippen LogP contribution in [0.2, 0.25) is 0 Å². The van der Waals surface area contributed by atoms with Gasteiger partial charge in [-0.1, -0.05) is 54.9 Å². The second-order valence-electron chi connectivity index (χ2n) is 8.90. The van der Waals surface area contributed by atoms with E-state index in [2.05, 4.69) is 52.9 Å². The Kier molecular flexibility index (Phi) is 7.59. The van der Waals surface area contributed by atoms with Gasteiger partial charge in [-0.3, -0.25) is 4.79 Å². The Morgan fingerprint density at radius 2 is 1.74 bits per heavy atom. The molecule has 0 atom stereocenters. The van der Waals surface area contributed by atoms with E-state index in [4.69, 9.17) is 9.72 Å². The minimum atomic E-state index is -0.413. The van der Waals surface area contributed by atoms with Gasteiger partial charge in [0.2, 0.25) is 0 Å². The van der Waals surface area contributed by atoms with E-state index in [1.165, 1.54) is 10.7 Å². The predicted molar refractivity (Wildman–Crippen MR) is 148 cm³/mol. The molecule has 1 aromatic heterocycles. The summed E-state index contributed by atoms with van der Waals surface area (Å²) in [5.41, 5.74) is 1.14. The average Bonchev–Trinajstić information content (AvgIpc) is 2.78. The summed E-state index contributed by atoms with van der Waals surface area (Å²) < 4.78 is 23.2. The minimum Gasteiger partial charge on any atom is -0.486 e. The highest BCUT2D eigenvalue weighted by Gasteiger charge is 2.23. The molecule has 1 heterocycles. The molecular weight excluding hydrogens is 645 g/mol. The van der Waals surface area contributed by atoms with Crippen LogP contribution in [0.1, 0.15) is 37.7 Å². The molecule has 35 heavy (non-hydrogen) atoms. The summed E-state index contributed by atoms with van der Waals surface area (Å²) >= 11 is 10.5. The third kappa shape index (κ3) is 5.73. The van der Waals surface area contributed by atoms with Crippen LogP contribution in [0, 0.1) is 5.82 Å². The molecule has 0 aliphatic carbocycles. The Morgan fingerprint density at radius 3 is 2.40 bits per heavy atom. The second-order valence-corrected chi connectivity index (χ2v) is 11.5. The van der Waals surface area contributed by atoms with Crippen molar-refractivity contribution in [1.29, 1.82) is 0 Å². The molecule has 4 rings (SSSR count). The molecule has 180 valence electrons. The van der Waals surface area contributed by atoms with E-state index in [-0.39, 0.29) is 18.0 Å². The molecule has 0 saturated carbocycles.